The number of amides is 3. The highest BCUT2D eigenvalue weighted by Crippen LogP contribution is 2.32. The van der Waals surface area contributed by atoms with Gasteiger partial charge in [-0.2, -0.15) is 0 Å². The molecule has 96 valence electrons. The molecule has 3 amide bonds. The van der Waals surface area contributed by atoms with Gasteiger partial charge in [-0.1, -0.05) is 0 Å². The Morgan fingerprint density at radius 2 is 1.94 bits per heavy atom. The van der Waals surface area contributed by atoms with Crippen LogP contribution in [0.1, 0.15) is 11.6 Å². The highest BCUT2D eigenvalue weighted by atomic mass is 16.5. The molecule has 1 N–H and O–H groups in total. The van der Waals surface area contributed by atoms with Gasteiger partial charge in [0.15, 0.2) is 0 Å². The van der Waals surface area contributed by atoms with E-state index in [1.165, 1.54) is 14.2 Å². The Balaban J connectivity index is 2.39. The average molecular weight is 250 g/mol. The van der Waals surface area contributed by atoms with E-state index in [4.69, 9.17) is 9.47 Å². The highest BCUT2D eigenvalue weighted by Gasteiger charge is 2.37. The molecule has 1 unspecified atom stereocenters. The summed E-state index contributed by atoms with van der Waals surface area (Å²) in [6.07, 6.45) is 0. The van der Waals surface area contributed by atoms with E-state index >= 15 is 0 Å². The molecule has 0 aliphatic carbocycles. The first-order chi connectivity index (χ1) is 8.58. The molecule has 1 aliphatic heterocycles. The lowest BCUT2D eigenvalue weighted by Gasteiger charge is -2.14. The van der Waals surface area contributed by atoms with Crippen molar-refractivity contribution in [3.8, 4) is 11.5 Å². The van der Waals surface area contributed by atoms with Crippen LogP contribution in [0, 0.1) is 0 Å². The van der Waals surface area contributed by atoms with E-state index in [2.05, 4.69) is 5.32 Å². The quantitative estimate of drug-likeness (QED) is 0.810. The number of likely N-dealkylation sites (N-methyl/N-ethyl adjacent to an activating group) is 1. The van der Waals surface area contributed by atoms with Gasteiger partial charge in [0.05, 0.1) is 14.2 Å². The van der Waals surface area contributed by atoms with Crippen molar-refractivity contribution >= 4 is 11.9 Å². The molecule has 1 aromatic rings. The number of imide groups is 1. The number of nitrogens with one attached hydrogen (secondary N) is 1. The summed E-state index contributed by atoms with van der Waals surface area (Å²) in [5, 5.41) is 2.60. The minimum absolute atomic E-state index is 0.302. The fourth-order valence-electron chi connectivity index (χ4n) is 1.84. The van der Waals surface area contributed by atoms with Crippen molar-refractivity contribution in [2.75, 3.05) is 21.3 Å². The molecule has 18 heavy (non-hydrogen) atoms. The van der Waals surface area contributed by atoms with Gasteiger partial charge in [0.1, 0.15) is 17.5 Å². The van der Waals surface area contributed by atoms with Crippen LogP contribution >= 0.6 is 0 Å². The molecule has 1 aliphatic rings. The number of ether oxygens (including phenoxy) is 2. The molecule has 1 atom stereocenters. The Bertz CT molecular complexity index is 501. The second kappa shape index (κ2) is 4.56. The number of urea groups is 1. The van der Waals surface area contributed by atoms with Gasteiger partial charge in [0, 0.05) is 18.7 Å². The Kier molecular flexibility index (Phi) is 3.10. The lowest BCUT2D eigenvalue weighted by atomic mass is 10.1. The van der Waals surface area contributed by atoms with Crippen molar-refractivity contribution in [1.82, 2.24) is 10.2 Å². The number of carbonyl (C=O) groups excluding carboxylic acids is 2. The van der Waals surface area contributed by atoms with E-state index in [0.29, 0.717) is 17.1 Å². The summed E-state index contributed by atoms with van der Waals surface area (Å²) < 4.78 is 10.3. The molecule has 0 radical (unpaired) electrons. The van der Waals surface area contributed by atoms with Crippen molar-refractivity contribution < 1.29 is 19.1 Å². The molecular weight excluding hydrogens is 236 g/mol. The van der Waals surface area contributed by atoms with Gasteiger partial charge in [-0.15, -0.1) is 0 Å². The molecule has 1 aromatic carbocycles. The number of methoxy groups -OCH3 is 2. The van der Waals surface area contributed by atoms with Crippen LogP contribution in [0.4, 0.5) is 4.79 Å². The molecule has 1 saturated heterocycles. The third kappa shape index (κ3) is 1.85. The summed E-state index contributed by atoms with van der Waals surface area (Å²) in [4.78, 5) is 24.4. The molecule has 0 saturated carbocycles. The number of rotatable bonds is 3. The van der Waals surface area contributed by atoms with Crippen molar-refractivity contribution in [1.29, 1.82) is 0 Å². The summed E-state index contributed by atoms with van der Waals surface area (Å²) in [5.74, 6) is 0.826. The molecule has 6 nitrogen and oxygen atoms in total. The summed E-state index contributed by atoms with van der Waals surface area (Å²) in [6, 6.07) is 3.98. The minimum atomic E-state index is -0.705. The molecular formula is C12H14N2O4. The number of hydrogen-bond donors (Lipinski definition) is 1. The van der Waals surface area contributed by atoms with Crippen molar-refractivity contribution in [3.05, 3.63) is 23.8 Å². The van der Waals surface area contributed by atoms with Crippen LogP contribution in [0.15, 0.2) is 18.2 Å². The fraction of sp³-hybridized carbons (Fsp3) is 0.333. The normalized spacial score (nSPS) is 18.8. The molecule has 1 fully saturated rings. The Morgan fingerprint density at radius 3 is 2.44 bits per heavy atom. The van der Waals surface area contributed by atoms with Gasteiger partial charge in [-0.3, -0.25) is 9.69 Å². The van der Waals surface area contributed by atoms with Crippen LogP contribution in [-0.2, 0) is 4.79 Å². The van der Waals surface area contributed by atoms with E-state index in [1.54, 1.807) is 25.3 Å². The summed E-state index contributed by atoms with van der Waals surface area (Å²) >= 11 is 0. The van der Waals surface area contributed by atoms with Gasteiger partial charge >= 0.3 is 6.03 Å². The smallest absolute Gasteiger partial charge is 0.324 e. The van der Waals surface area contributed by atoms with E-state index in [9.17, 15) is 9.59 Å². The number of hydrogen-bond acceptors (Lipinski definition) is 4. The molecule has 1 heterocycles. The fourth-order valence-corrected chi connectivity index (χ4v) is 1.84. The lowest BCUT2D eigenvalue weighted by molar-refractivity contribution is -0.126. The Labute approximate surface area is 104 Å². The first-order valence-corrected chi connectivity index (χ1v) is 5.38. The molecule has 6 heteroatoms. The third-order valence-corrected chi connectivity index (χ3v) is 2.90. The maximum Gasteiger partial charge on any atom is 0.324 e. The van der Waals surface area contributed by atoms with Crippen LogP contribution in [0.3, 0.4) is 0 Å². The Hall–Kier alpha value is -2.24. The van der Waals surface area contributed by atoms with E-state index < -0.39 is 12.1 Å². The highest BCUT2D eigenvalue weighted by molar-refractivity contribution is 6.04. The largest absolute Gasteiger partial charge is 0.497 e. The van der Waals surface area contributed by atoms with Gasteiger partial charge in [-0.05, 0) is 12.1 Å². The molecule has 0 aromatic heterocycles. The first kappa shape index (κ1) is 12.2. The zero-order valence-corrected chi connectivity index (χ0v) is 10.4. The molecule has 0 bridgehead atoms. The number of benzene rings is 1. The van der Waals surface area contributed by atoms with Crippen molar-refractivity contribution in [2.24, 2.45) is 0 Å². The summed E-state index contributed by atoms with van der Waals surface area (Å²) in [5.41, 5.74) is 0.612. The van der Waals surface area contributed by atoms with Crippen LogP contribution in [0.5, 0.6) is 11.5 Å². The first-order valence-electron chi connectivity index (χ1n) is 5.38. The summed E-state index contributed by atoms with van der Waals surface area (Å²) in [6.45, 7) is 0. The van der Waals surface area contributed by atoms with Crippen LogP contribution < -0.4 is 14.8 Å². The second-order valence-corrected chi connectivity index (χ2v) is 3.89. The second-order valence-electron chi connectivity index (χ2n) is 3.89. The van der Waals surface area contributed by atoms with Gasteiger partial charge in [0.2, 0.25) is 0 Å². The number of carbonyl (C=O) groups is 2. The van der Waals surface area contributed by atoms with E-state index in [1.807, 2.05) is 0 Å². The van der Waals surface area contributed by atoms with Crippen LogP contribution in [0.25, 0.3) is 0 Å². The monoisotopic (exact) mass is 250 g/mol. The zero-order chi connectivity index (χ0) is 13.3. The molecule has 0 spiro atoms. The standard InChI is InChI=1S/C12H14N2O4/c1-14-11(15)10(13-12(14)16)8-5-4-7(17-2)6-9(8)18-3/h4-6,10H,1-3H3,(H,13,16). The predicted molar refractivity (Wildman–Crippen MR) is 63.6 cm³/mol. The molecule has 2 rings (SSSR count). The average Bonchev–Trinajstić information content (AvgIpc) is 2.65. The van der Waals surface area contributed by atoms with Gasteiger partial charge in [0.25, 0.3) is 5.91 Å². The topological polar surface area (TPSA) is 67.9 Å². The maximum absolute atomic E-state index is 11.9. The van der Waals surface area contributed by atoms with E-state index in [-0.39, 0.29) is 5.91 Å². The Morgan fingerprint density at radius 1 is 1.22 bits per heavy atom. The maximum atomic E-state index is 11.9. The number of nitrogens with zero attached hydrogens (tertiary/aromatic N) is 1. The summed E-state index contributed by atoms with van der Waals surface area (Å²) in [7, 11) is 4.49. The van der Waals surface area contributed by atoms with E-state index in [0.717, 1.165) is 4.90 Å². The lowest BCUT2D eigenvalue weighted by Crippen LogP contribution is -2.25. The van der Waals surface area contributed by atoms with Gasteiger partial charge in [-0.25, -0.2) is 4.79 Å². The van der Waals surface area contributed by atoms with Crippen LogP contribution in [-0.4, -0.2) is 38.1 Å². The zero-order valence-electron chi connectivity index (χ0n) is 10.4. The van der Waals surface area contributed by atoms with Crippen LogP contribution in [0.2, 0.25) is 0 Å². The minimum Gasteiger partial charge on any atom is -0.497 e. The SMILES string of the molecule is COc1ccc(C2NC(=O)N(C)C2=O)c(OC)c1. The van der Waals surface area contributed by atoms with Crippen molar-refractivity contribution in [3.63, 3.8) is 0 Å². The third-order valence-electron chi connectivity index (χ3n) is 2.90. The van der Waals surface area contributed by atoms with Crippen molar-refractivity contribution in [2.45, 2.75) is 6.04 Å². The predicted octanol–water partition coefficient (Wildman–Crippen LogP) is 0.927. The van der Waals surface area contributed by atoms with Gasteiger partial charge < -0.3 is 14.8 Å².